The molecule has 0 fully saturated rings. The summed E-state index contributed by atoms with van der Waals surface area (Å²) in [6, 6.07) is 15.2. The minimum absolute atomic E-state index is 0.0797. The molecule has 0 aliphatic carbocycles. The van der Waals surface area contributed by atoms with Crippen molar-refractivity contribution in [3.63, 3.8) is 0 Å². The molecule has 0 saturated carbocycles. The third-order valence-corrected chi connectivity index (χ3v) is 5.61. The second kappa shape index (κ2) is 10.3. The summed E-state index contributed by atoms with van der Waals surface area (Å²) in [7, 11) is 1.68. The monoisotopic (exact) mass is 425 g/mol. The van der Waals surface area contributed by atoms with Gasteiger partial charge in [-0.15, -0.1) is 0 Å². The number of carbonyl (C=O) groups excluding carboxylic acids is 1. The zero-order valence-electron chi connectivity index (χ0n) is 17.8. The molecular formula is C23H27N3O3S. The number of aryl methyl sites for hydroxylation is 2. The molecule has 1 aromatic heterocycles. The van der Waals surface area contributed by atoms with Crippen LogP contribution in [0.4, 0.5) is 5.69 Å². The highest BCUT2D eigenvalue weighted by Crippen LogP contribution is 2.24. The lowest BCUT2D eigenvalue weighted by Crippen LogP contribution is -2.15. The number of anilines is 1. The van der Waals surface area contributed by atoms with Crippen molar-refractivity contribution in [3.8, 4) is 11.5 Å². The summed E-state index contributed by atoms with van der Waals surface area (Å²) in [4.78, 5) is 17.0. The number of thioether (sulfide) groups is 1. The molecule has 1 heterocycles. The van der Waals surface area contributed by atoms with Gasteiger partial charge in [-0.2, -0.15) is 0 Å². The van der Waals surface area contributed by atoms with Gasteiger partial charge in [-0.1, -0.05) is 23.9 Å². The SMILES string of the molecule is COCCn1c(SCC(=O)Nc2ccc(Oc3cccc(C)c3)cc2)nc(C)c1C. The van der Waals surface area contributed by atoms with E-state index in [-0.39, 0.29) is 11.7 Å². The van der Waals surface area contributed by atoms with E-state index >= 15 is 0 Å². The Morgan fingerprint density at radius 2 is 1.87 bits per heavy atom. The van der Waals surface area contributed by atoms with E-state index in [4.69, 9.17) is 9.47 Å². The molecule has 1 N–H and O–H groups in total. The van der Waals surface area contributed by atoms with Crippen molar-refractivity contribution in [2.45, 2.75) is 32.5 Å². The average molecular weight is 426 g/mol. The fourth-order valence-electron chi connectivity index (χ4n) is 2.93. The number of benzene rings is 2. The van der Waals surface area contributed by atoms with E-state index in [1.807, 2.05) is 69.3 Å². The molecule has 2 aromatic carbocycles. The maximum atomic E-state index is 12.4. The molecular weight excluding hydrogens is 398 g/mol. The molecule has 7 heteroatoms. The number of ether oxygens (including phenoxy) is 2. The summed E-state index contributed by atoms with van der Waals surface area (Å²) in [6.07, 6.45) is 0. The van der Waals surface area contributed by atoms with E-state index in [9.17, 15) is 4.79 Å². The summed E-state index contributed by atoms with van der Waals surface area (Å²) in [6.45, 7) is 7.35. The Bertz CT molecular complexity index is 999. The van der Waals surface area contributed by atoms with Crippen LogP contribution in [0.5, 0.6) is 11.5 Å². The van der Waals surface area contributed by atoms with Crippen LogP contribution in [0.15, 0.2) is 53.7 Å². The standard InChI is InChI=1S/C23H27N3O3S/c1-16-6-5-7-21(14-16)29-20-10-8-19(9-11-20)25-22(27)15-30-23-24-17(2)18(3)26(23)12-13-28-4/h5-11,14H,12-13,15H2,1-4H3,(H,25,27). The highest BCUT2D eigenvalue weighted by Gasteiger charge is 2.13. The largest absolute Gasteiger partial charge is 0.457 e. The van der Waals surface area contributed by atoms with E-state index < -0.39 is 0 Å². The summed E-state index contributed by atoms with van der Waals surface area (Å²) in [5.74, 6) is 1.71. The molecule has 0 aliphatic heterocycles. The van der Waals surface area contributed by atoms with Crippen molar-refractivity contribution in [3.05, 3.63) is 65.5 Å². The number of nitrogens with one attached hydrogen (secondary N) is 1. The van der Waals surface area contributed by atoms with Crippen molar-refractivity contribution in [1.29, 1.82) is 0 Å². The predicted octanol–water partition coefficient (Wildman–Crippen LogP) is 4.98. The highest BCUT2D eigenvalue weighted by molar-refractivity contribution is 7.99. The normalized spacial score (nSPS) is 10.8. The molecule has 0 unspecified atom stereocenters. The molecule has 0 aliphatic rings. The number of nitrogens with zero attached hydrogens (tertiary/aromatic N) is 2. The van der Waals surface area contributed by atoms with Gasteiger partial charge in [-0.05, 0) is 62.7 Å². The van der Waals surface area contributed by atoms with Crippen molar-refractivity contribution < 1.29 is 14.3 Å². The van der Waals surface area contributed by atoms with Crippen molar-refractivity contribution >= 4 is 23.4 Å². The van der Waals surface area contributed by atoms with E-state index in [0.29, 0.717) is 6.61 Å². The smallest absolute Gasteiger partial charge is 0.234 e. The van der Waals surface area contributed by atoms with Gasteiger partial charge >= 0.3 is 0 Å². The first-order chi connectivity index (χ1) is 14.5. The maximum Gasteiger partial charge on any atom is 0.234 e. The second-order valence-corrected chi connectivity index (χ2v) is 7.93. The Hall–Kier alpha value is -2.77. The van der Waals surface area contributed by atoms with Gasteiger partial charge in [0.25, 0.3) is 0 Å². The average Bonchev–Trinajstić information content (AvgIpc) is 2.99. The van der Waals surface area contributed by atoms with Gasteiger partial charge < -0.3 is 19.4 Å². The van der Waals surface area contributed by atoms with Crippen molar-refractivity contribution in [1.82, 2.24) is 9.55 Å². The van der Waals surface area contributed by atoms with E-state index in [0.717, 1.165) is 45.8 Å². The Balaban J connectivity index is 1.55. The quantitative estimate of drug-likeness (QED) is 0.490. The summed E-state index contributed by atoms with van der Waals surface area (Å²) in [5, 5.41) is 3.75. The van der Waals surface area contributed by atoms with Crippen LogP contribution in [0.2, 0.25) is 0 Å². The molecule has 0 radical (unpaired) electrons. The fourth-order valence-corrected chi connectivity index (χ4v) is 3.85. The van der Waals surface area contributed by atoms with E-state index in [1.165, 1.54) is 11.8 Å². The second-order valence-electron chi connectivity index (χ2n) is 6.99. The van der Waals surface area contributed by atoms with Gasteiger partial charge in [0.05, 0.1) is 18.1 Å². The minimum atomic E-state index is -0.0797. The zero-order valence-corrected chi connectivity index (χ0v) is 18.6. The number of hydrogen-bond acceptors (Lipinski definition) is 5. The summed E-state index contributed by atoms with van der Waals surface area (Å²) >= 11 is 1.43. The maximum absolute atomic E-state index is 12.4. The summed E-state index contributed by atoms with van der Waals surface area (Å²) in [5.41, 5.74) is 3.94. The van der Waals surface area contributed by atoms with Gasteiger partial charge in [0.15, 0.2) is 5.16 Å². The lowest BCUT2D eigenvalue weighted by Gasteiger charge is -2.10. The Morgan fingerprint density at radius 3 is 2.57 bits per heavy atom. The molecule has 3 aromatic rings. The molecule has 0 saturated heterocycles. The zero-order chi connectivity index (χ0) is 21.5. The fraction of sp³-hybridized carbons (Fsp3) is 0.304. The van der Waals surface area contributed by atoms with Crippen LogP contribution < -0.4 is 10.1 Å². The van der Waals surface area contributed by atoms with Crippen molar-refractivity contribution in [2.75, 3.05) is 24.8 Å². The first-order valence-electron chi connectivity index (χ1n) is 9.76. The molecule has 0 spiro atoms. The Morgan fingerprint density at radius 1 is 1.10 bits per heavy atom. The predicted molar refractivity (Wildman–Crippen MR) is 121 cm³/mol. The number of carbonyl (C=O) groups is 1. The number of rotatable bonds is 9. The molecule has 30 heavy (non-hydrogen) atoms. The third-order valence-electron chi connectivity index (χ3n) is 4.64. The van der Waals surface area contributed by atoms with Gasteiger partial charge in [0, 0.05) is 25.0 Å². The molecule has 3 rings (SSSR count). The Kier molecular flexibility index (Phi) is 7.54. The van der Waals surface area contributed by atoms with Crippen LogP contribution in [0.1, 0.15) is 17.0 Å². The molecule has 0 atom stereocenters. The van der Waals surface area contributed by atoms with E-state index in [1.54, 1.807) is 7.11 Å². The first-order valence-corrected chi connectivity index (χ1v) is 10.7. The molecule has 1 amide bonds. The number of imidazole rings is 1. The van der Waals surface area contributed by atoms with Crippen LogP contribution in [0.25, 0.3) is 0 Å². The lowest BCUT2D eigenvalue weighted by molar-refractivity contribution is -0.113. The van der Waals surface area contributed by atoms with Gasteiger partial charge in [-0.25, -0.2) is 4.98 Å². The lowest BCUT2D eigenvalue weighted by atomic mass is 10.2. The first kappa shape index (κ1) is 21.9. The minimum Gasteiger partial charge on any atom is -0.457 e. The van der Waals surface area contributed by atoms with Crippen LogP contribution in [-0.2, 0) is 16.1 Å². The van der Waals surface area contributed by atoms with Gasteiger partial charge in [-0.3, -0.25) is 4.79 Å². The van der Waals surface area contributed by atoms with Crippen molar-refractivity contribution in [2.24, 2.45) is 0 Å². The van der Waals surface area contributed by atoms with Crippen LogP contribution in [0.3, 0.4) is 0 Å². The number of amides is 1. The van der Waals surface area contributed by atoms with Crippen LogP contribution in [0, 0.1) is 20.8 Å². The highest BCUT2D eigenvalue weighted by atomic mass is 32.2. The topological polar surface area (TPSA) is 65.4 Å². The van der Waals surface area contributed by atoms with E-state index in [2.05, 4.69) is 14.9 Å². The summed E-state index contributed by atoms with van der Waals surface area (Å²) < 4.78 is 13.1. The molecule has 158 valence electrons. The third kappa shape index (κ3) is 5.87. The molecule has 0 bridgehead atoms. The van der Waals surface area contributed by atoms with Crippen LogP contribution in [-0.4, -0.2) is 34.9 Å². The van der Waals surface area contributed by atoms with Gasteiger partial charge in [0.1, 0.15) is 11.5 Å². The number of hydrogen-bond donors (Lipinski definition) is 1. The van der Waals surface area contributed by atoms with Gasteiger partial charge in [0.2, 0.25) is 5.91 Å². The van der Waals surface area contributed by atoms with Crippen LogP contribution >= 0.6 is 11.8 Å². The molecule has 6 nitrogen and oxygen atoms in total. The number of aromatic nitrogens is 2. The Labute approximate surface area is 181 Å². The number of methoxy groups -OCH3 is 1.